The standard InChI is InChI=1S/3C17H24N2OS.C11H22O2.C3H8O3/c3*1-2-3-4-5-6-7-8-9-16-18-19-17(21-16)14-10-12-15(20)13-11-14;1-2-3-4-5-6-7-8-9-10-11(12)13;4-1-3(6)2-5/h3*10-13,20H,2-9H2,1H3;2-10H2,1H3,(H,12,13);3-6H,1-2H2. The molecular formula is C65H102N6O8S3. The number of aromatic hydroxyl groups is 3. The van der Waals surface area contributed by atoms with Crippen LogP contribution in [0.15, 0.2) is 72.8 Å². The molecule has 0 aliphatic rings. The smallest absolute Gasteiger partial charge is 0.303 e. The molecule has 0 amide bonds. The number of carboxylic acids is 1. The van der Waals surface area contributed by atoms with E-state index in [4.69, 9.17) is 20.4 Å². The molecule has 82 heavy (non-hydrogen) atoms. The summed E-state index contributed by atoms with van der Waals surface area (Å²) < 4.78 is 0. The number of unbranched alkanes of at least 4 members (excludes halogenated alkanes) is 25. The Morgan fingerprint density at radius 2 is 0.598 bits per heavy atom. The van der Waals surface area contributed by atoms with Crippen LogP contribution >= 0.6 is 34.0 Å². The van der Waals surface area contributed by atoms with E-state index in [-0.39, 0.29) is 30.5 Å². The third-order valence-electron chi connectivity index (χ3n) is 13.4. The van der Waals surface area contributed by atoms with Gasteiger partial charge in [0.2, 0.25) is 0 Å². The van der Waals surface area contributed by atoms with Crippen molar-refractivity contribution in [3.05, 3.63) is 87.8 Å². The number of aryl methyl sites for hydroxylation is 3. The number of carbonyl (C=O) groups is 1. The fourth-order valence-corrected chi connectivity index (χ4v) is 11.1. The van der Waals surface area contributed by atoms with Gasteiger partial charge in [0.1, 0.15) is 53.4 Å². The molecule has 6 rings (SSSR count). The number of aliphatic carboxylic acids is 1. The van der Waals surface area contributed by atoms with Crippen molar-refractivity contribution >= 4 is 40.0 Å². The first-order valence-electron chi connectivity index (χ1n) is 30.9. The summed E-state index contributed by atoms with van der Waals surface area (Å²) in [5.74, 6) is 0.190. The topological polar surface area (TPSA) is 236 Å². The molecule has 3 aromatic heterocycles. The largest absolute Gasteiger partial charge is 0.508 e. The number of aliphatic hydroxyl groups excluding tert-OH is 3. The summed E-state index contributed by atoms with van der Waals surface area (Å²) in [6.45, 7) is 8.24. The van der Waals surface area contributed by atoms with Crippen LogP contribution in [0, 0.1) is 0 Å². The molecule has 0 atom stereocenters. The maximum absolute atomic E-state index is 10.2. The summed E-state index contributed by atoms with van der Waals surface area (Å²) in [7, 11) is 0. The van der Waals surface area contributed by atoms with Crippen molar-refractivity contribution in [3.8, 4) is 49.0 Å². The van der Waals surface area contributed by atoms with Gasteiger partial charge < -0.3 is 35.7 Å². The van der Waals surface area contributed by atoms with Crippen LogP contribution in [0.4, 0.5) is 0 Å². The van der Waals surface area contributed by atoms with Gasteiger partial charge >= 0.3 is 5.97 Å². The van der Waals surface area contributed by atoms with Gasteiger partial charge in [-0.2, -0.15) is 0 Å². The zero-order valence-electron chi connectivity index (χ0n) is 50.2. The number of hydrogen-bond acceptors (Lipinski definition) is 16. The Bertz CT molecular complexity index is 2160. The molecule has 0 unspecified atom stereocenters. The lowest BCUT2D eigenvalue weighted by molar-refractivity contribution is -0.137. The van der Waals surface area contributed by atoms with Crippen LogP contribution < -0.4 is 0 Å². The van der Waals surface area contributed by atoms with Gasteiger partial charge in [0.05, 0.1) is 13.2 Å². The van der Waals surface area contributed by atoms with E-state index in [0.717, 1.165) is 78.8 Å². The Labute approximate surface area is 504 Å². The monoisotopic (exact) mass is 1190 g/mol. The molecule has 0 spiro atoms. The molecule has 6 aromatic rings. The van der Waals surface area contributed by atoms with Gasteiger partial charge in [-0.05, 0) is 98.5 Å². The van der Waals surface area contributed by atoms with Gasteiger partial charge in [-0.1, -0.05) is 222 Å². The maximum Gasteiger partial charge on any atom is 0.303 e. The van der Waals surface area contributed by atoms with Crippen molar-refractivity contribution in [1.82, 2.24) is 30.6 Å². The zero-order chi connectivity index (χ0) is 59.7. The Morgan fingerprint density at radius 1 is 0.366 bits per heavy atom. The summed E-state index contributed by atoms with van der Waals surface area (Å²) in [4.78, 5) is 10.2. The summed E-state index contributed by atoms with van der Waals surface area (Å²) in [6, 6.07) is 21.4. The molecule has 0 bridgehead atoms. The van der Waals surface area contributed by atoms with E-state index >= 15 is 0 Å². The molecule has 0 aliphatic heterocycles. The van der Waals surface area contributed by atoms with E-state index < -0.39 is 12.1 Å². The predicted octanol–water partition coefficient (Wildman–Crippen LogP) is 17.5. The van der Waals surface area contributed by atoms with Gasteiger partial charge in [0.15, 0.2) is 0 Å². The SMILES string of the molecule is CCCCCCCCCCC(=O)O.CCCCCCCCCc1nnc(-c2ccc(O)cc2)s1.CCCCCCCCCc1nnc(-c2ccc(O)cc2)s1.CCCCCCCCCc1nnc(-c2ccc(O)cc2)s1.OCC(O)CO. The quantitative estimate of drug-likeness (QED) is 0.0179. The Hall–Kier alpha value is -4.91. The number of hydrogen-bond donors (Lipinski definition) is 7. The minimum absolute atomic E-state index is 0.284. The minimum Gasteiger partial charge on any atom is -0.508 e. The highest BCUT2D eigenvalue weighted by Crippen LogP contribution is 2.29. The van der Waals surface area contributed by atoms with Crippen LogP contribution in [0.3, 0.4) is 0 Å². The van der Waals surface area contributed by atoms with E-state index in [1.54, 1.807) is 70.4 Å². The Balaban J connectivity index is 0.000000366. The van der Waals surface area contributed by atoms with Crippen LogP contribution in [0.25, 0.3) is 31.7 Å². The van der Waals surface area contributed by atoms with Crippen molar-refractivity contribution < 1.29 is 40.5 Å². The third-order valence-corrected chi connectivity index (χ3v) is 16.5. The average molecular weight is 1190 g/mol. The maximum atomic E-state index is 10.2. The number of benzene rings is 3. The fourth-order valence-electron chi connectivity index (χ4n) is 8.39. The van der Waals surface area contributed by atoms with E-state index in [2.05, 4.69) is 58.3 Å². The van der Waals surface area contributed by atoms with Gasteiger partial charge in [0, 0.05) is 42.4 Å². The van der Waals surface area contributed by atoms with Gasteiger partial charge in [-0.15, -0.1) is 30.6 Å². The highest BCUT2D eigenvalue weighted by molar-refractivity contribution is 7.15. The molecule has 14 nitrogen and oxygen atoms in total. The molecule has 0 aliphatic carbocycles. The van der Waals surface area contributed by atoms with Crippen molar-refractivity contribution in [2.45, 2.75) is 246 Å². The minimum atomic E-state index is -0.954. The normalized spacial score (nSPS) is 10.7. The van der Waals surface area contributed by atoms with E-state index in [1.807, 2.05) is 36.4 Å². The van der Waals surface area contributed by atoms with E-state index in [0.29, 0.717) is 6.42 Å². The lowest BCUT2D eigenvalue weighted by Crippen LogP contribution is -2.15. The van der Waals surface area contributed by atoms with Crippen molar-refractivity contribution in [3.63, 3.8) is 0 Å². The second-order valence-corrected chi connectivity index (χ2v) is 24.1. The predicted molar refractivity (Wildman–Crippen MR) is 341 cm³/mol. The van der Waals surface area contributed by atoms with Crippen LogP contribution in [0.5, 0.6) is 17.2 Å². The molecular weight excluding hydrogens is 1090 g/mol. The number of nitrogens with zero attached hydrogens (tertiary/aromatic N) is 6. The second kappa shape index (κ2) is 49.5. The van der Waals surface area contributed by atoms with E-state index in [9.17, 15) is 20.1 Å². The van der Waals surface area contributed by atoms with Gasteiger partial charge in [-0.25, -0.2) is 0 Å². The first-order valence-corrected chi connectivity index (χ1v) is 33.4. The summed E-state index contributed by atoms with van der Waals surface area (Å²) in [5.41, 5.74) is 3.07. The summed E-state index contributed by atoms with van der Waals surface area (Å²) >= 11 is 4.98. The second-order valence-electron chi connectivity index (χ2n) is 20.9. The first-order chi connectivity index (χ1) is 40.0. The van der Waals surface area contributed by atoms with Crippen molar-refractivity contribution in [2.75, 3.05) is 13.2 Å². The molecule has 7 N–H and O–H groups in total. The average Bonchev–Trinajstić information content (AvgIpc) is 4.29. The molecule has 0 radical (unpaired) electrons. The van der Waals surface area contributed by atoms with Crippen LogP contribution in [-0.4, -0.2) is 91.6 Å². The molecule has 3 aromatic carbocycles. The number of phenolic OH excluding ortho intramolecular Hbond substituents is 3. The highest BCUT2D eigenvalue weighted by atomic mass is 32.1. The Kier molecular flexibility index (Phi) is 44.2. The lowest BCUT2D eigenvalue weighted by atomic mass is 10.1. The molecule has 17 heteroatoms. The molecule has 458 valence electrons. The number of aliphatic hydroxyl groups is 3. The van der Waals surface area contributed by atoms with Gasteiger partial charge in [-0.3, -0.25) is 4.79 Å². The number of phenols is 3. The summed E-state index contributed by atoms with van der Waals surface area (Å²) in [5, 5.41) is 92.0. The number of carboxylic acid groups (broad SMARTS) is 1. The van der Waals surface area contributed by atoms with E-state index in [1.165, 1.54) is 173 Å². The number of rotatable bonds is 38. The van der Waals surface area contributed by atoms with Crippen molar-refractivity contribution in [1.29, 1.82) is 0 Å². The highest BCUT2D eigenvalue weighted by Gasteiger charge is 2.10. The summed E-state index contributed by atoms with van der Waals surface area (Å²) in [6.07, 6.45) is 39.9. The zero-order valence-corrected chi connectivity index (χ0v) is 52.7. The molecule has 0 fully saturated rings. The first kappa shape index (κ1) is 73.2. The van der Waals surface area contributed by atoms with Gasteiger partial charge in [0.25, 0.3) is 0 Å². The third kappa shape index (κ3) is 37.3. The van der Waals surface area contributed by atoms with Crippen molar-refractivity contribution in [2.24, 2.45) is 0 Å². The molecule has 0 saturated heterocycles. The lowest BCUT2D eigenvalue weighted by Gasteiger charge is -1.99. The van der Waals surface area contributed by atoms with Crippen LogP contribution in [-0.2, 0) is 24.1 Å². The van der Waals surface area contributed by atoms with Crippen LogP contribution in [0.2, 0.25) is 0 Å². The van der Waals surface area contributed by atoms with Crippen LogP contribution in [0.1, 0.15) is 235 Å². The number of aromatic nitrogens is 6. The fraction of sp³-hybridized carbons (Fsp3) is 0.615. The molecule has 0 saturated carbocycles. The molecule has 3 heterocycles. The Morgan fingerprint density at radius 3 is 0.817 bits per heavy atom.